The number of hydrogen-bond acceptors (Lipinski definition) is 5. The average Bonchev–Trinajstić information content (AvgIpc) is 2.78. The van der Waals surface area contributed by atoms with Gasteiger partial charge in [0.05, 0.1) is 5.52 Å². The first-order chi connectivity index (χ1) is 15.4. The number of carbonyl (C=O) groups excluding carboxylic acids is 2. The summed E-state index contributed by atoms with van der Waals surface area (Å²) in [5, 5.41) is 7.60. The van der Waals surface area contributed by atoms with Crippen LogP contribution in [0.15, 0.2) is 54.4 Å². The van der Waals surface area contributed by atoms with Crippen LogP contribution in [0.1, 0.15) is 25.7 Å². The number of amides is 1. The summed E-state index contributed by atoms with van der Waals surface area (Å²) < 4.78 is 13.1. The molecule has 2 aliphatic rings. The van der Waals surface area contributed by atoms with E-state index in [4.69, 9.17) is 4.98 Å². The lowest BCUT2D eigenvalue weighted by atomic mass is 9.85. The van der Waals surface area contributed by atoms with E-state index in [1.165, 1.54) is 12.2 Å². The van der Waals surface area contributed by atoms with Gasteiger partial charge in [-0.15, -0.1) is 0 Å². The molecule has 1 unspecified atom stereocenters. The highest BCUT2D eigenvalue weighted by Crippen LogP contribution is 2.30. The van der Waals surface area contributed by atoms with Crippen molar-refractivity contribution in [2.75, 3.05) is 30.9 Å². The zero-order chi connectivity index (χ0) is 22.7. The lowest BCUT2D eigenvalue weighted by Gasteiger charge is -2.30. The highest BCUT2D eigenvalue weighted by molar-refractivity contribution is 6.09. The minimum Gasteiger partial charge on any atom is -0.377 e. The van der Waals surface area contributed by atoms with Crippen LogP contribution in [0, 0.1) is 11.8 Å². The number of fused-ring (bicyclic) bond motifs is 1. The van der Waals surface area contributed by atoms with Crippen LogP contribution in [-0.2, 0) is 9.59 Å². The molecule has 0 radical (unpaired) electrons. The second-order valence-electron chi connectivity index (χ2n) is 8.81. The molecule has 4 rings (SSSR count). The van der Waals surface area contributed by atoms with Crippen molar-refractivity contribution in [2.24, 2.45) is 11.8 Å². The molecule has 2 aliphatic carbocycles. The van der Waals surface area contributed by atoms with Gasteiger partial charge in [0.25, 0.3) is 0 Å². The second-order valence-corrected chi connectivity index (χ2v) is 8.81. The second kappa shape index (κ2) is 9.51. The molecule has 0 spiro atoms. The maximum absolute atomic E-state index is 13.1. The first kappa shape index (κ1) is 22.0. The molecule has 0 bridgehead atoms. The van der Waals surface area contributed by atoms with Crippen LogP contribution in [0.4, 0.5) is 15.9 Å². The van der Waals surface area contributed by atoms with E-state index in [1.54, 1.807) is 0 Å². The Hall–Kier alpha value is -3.22. The number of allylic oxidation sites excluding steroid dienone is 3. The summed E-state index contributed by atoms with van der Waals surface area (Å²) in [6.45, 7) is 0.536. The van der Waals surface area contributed by atoms with E-state index >= 15 is 0 Å². The summed E-state index contributed by atoms with van der Waals surface area (Å²) in [6.07, 6.45) is 7.32. The Labute approximate surface area is 187 Å². The van der Waals surface area contributed by atoms with Crippen molar-refractivity contribution in [3.05, 3.63) is 54.4 Å². The molecule has 1 heterocycles. The Bertz CT molecular complexity index is 1070. The van der Waals surface area contributed by atoms with Gasteiger partial charge in [0.2, 0.25) is 5.91 Å². The van der Waals surface area contributed by atoms with Gasteiger partial charge in [0.15, 0.2) is 5.78 Å². The SMILES string of the molecule is CN(C)c1cc(N[C@H]2CC[C@@H](CNC(=O)C3C=CC(F)=CC3=O)CC2)nc2ccccc12. The van der Waals surface area contributed by atoms with Gasteiger partial charge < -0.3 is 15.5 Å². The molecule has 6 nitrogen and oxygen atoms in total. The smallest absolute Gasteiger partial charge is 0.234 e. The maximum Gasteiger partial charge on any atom is 0.234 e. The van der Waals surface area contributed by atoms with Crippen molar-refractivity contribution in [1.82, 2.24) is 10.3 Å². The van der Waals surface area contributed by atoms with Gasteiger partial charge >= 0.3 is 0 Å². The monoisotopic (exact) mass is 436 g/mol. The summed E-state index contributed by atoms with van der Waals surface area (Å²) in [7, 11) is 4.07. The molecule has 1 aromatic carbocycles. The fourth-order valence-electron chi connectivity index (χ4n) is 4.45. The molecule has 168 valence electrons. The van der Waals surface area contributed by atoms with Crippen LogP contribution < -0.4 is 15.5 Å². The molecule has 2 N–H and O–H groups in total. The number of nitrogens with one attached hydrogen (secondary N) is 2. The third-order valence-corrected chi connectivity index (χ3v) is 6.26. The number of para-hydroxylation sites is 1. The largest absolute Gasteiger partial charge is 0.377 e. The molecule has 2 aromatic rings. The van der Waals surface area contributed by atoms with Crippen molar-refractivity contribution in [2.45, 2.75) is 31.7 Å². The first-order valence-electron chi connectivity index (χ1n) is 11.1. The number of aromatic nitrogens is 1. The average molecular weight is 437 g/mol. The number of halogens is 1. The Morgan fingerprint density at radius 1 is 1.19 bits per heavy atom. The first-order valence-corrected chi connectivity index (χ1v) is 11.1. The van der Waals surface area contributed by atoms with Gasteiger partial charge in [0, 0.05) is 49.9 Å². The number of benzene rings is 1. The summed E-state index contributed by atoms with van der Waals surface area (Å²) in [5.41, 5.74) is 2.11. The van der Waals surface area contributed by atoms with Crippen molar-refractivity contribution >= 4 is 34.1 Å². The van der Waals surface area contributed by atoms with Crippen LogP contribution >= 0.6 is 0 Å². The van der Waals surface area contributed by atoms with Crippen molar-refractivity contribution in [3.63, 3.8) is 0 Å². The van der Waals surface area contributed by atoms with Gasteiger partial charge in [0.1, 0.15) is 17.6 Å². The van der Waals surface area contributed by atoms with Gasteiger partial charge in [-0.05, 0) is 43.7 Å². The molecular weight excluding hydrogens is 407 g/mol. The van der Waals surface area contributed by atoms with Crippen molar-refractivity contribution < 1.29 is 14.0 Å². The molecule has 0 aliphatic heterocycles. The third kappa shape index (κ3) is 4.98. The Morgan fingerprint density at radius 2 is 1.94 bits per heavy atom. The van der Waals surface area contributed by atoms with E-state index < -0.39 is 17.5 Å². The zero-order valence-electron chi connectivity index (χ0n) is 18.5. The van der Waals surface area contributed by atoms with E-state index in [1.807, 2.05) is 32.3 Å². The summed E-state index contributed by atoms with van der Waals surface area (Å²) >= 11 is 0. The van der Waals surface area contributed by atoms with Gasteiger partial charge in [-0.1, -0.05) is 24.3 Å². The van der Waals surface area contributed by atoms with Gasteiger partial charge in [-0.3, -0.25) is 9.59 Å². The lowest BCUT2D eigenvalue weighted by Crippen LogP contribution is -2.39. The minimum atomic E-state index is -0.919. The van der Waals surface area contributed by atoms with Crippen LogP contribution in [0.25, 0.3) is 10.9 Å². The summed E-state index contributed by atoms with van der Waals surface area (Å²) in [4.78, 5) is 31.0. The third-order valence-electron chi connectivity index (χ3n) is 6.26. The number of anilines is 2. The standard InChI is InChI=1S/C25H29FN4O2/c1-30(2)22-14-24(29-21-6-4-3-5-19(21)22)28-18-10-7-16(8-11-18)15-27-25(32)20-12-9-17(26)13-23(20)31/h3-6,9,12-14,16,18,20H,7-8,10-11,15H2,1-2H3,(H,27,32)(H,28,29)/t16-,18+,20?. The Kier molecular flexibility index (Phi) is 6.53. The van der Waals surface area contributed by atoms with Crippen molar-refractivity contribution in [1.29, 1.82) is 0 Å². The number of carbonyl (C=O) groups is 2. The number of rotatable bonds is 6. The lowest BCUT2D eigenvalue weighted by molar-refractivity contribution is -0.130. The summed E-state index contributed by atoms with van der Waals surface area (Å²) in [6, 6.07) is 10.6. The minimum absolute atomic E-state index is 0.335. The van der Waals surface area contributed by atoms with E-state index in [2.05, 4.69) is 27.7 Å². The summed E-state index contributed by atoms with van der Waals surface area (Å²) in [5.74, 6) is -1.14. The Morgan fingerprint density at radius 3 is 2.66 bits per heavy atom. The Balaban J connectivity index is 1.29. The van der Waals surface area contributed by atoms with Crippen molar-refractivity contribution in [3.8, 4) is 0 Å². The molecule has 7 heteroatoms. The van der Waals surface area contributed by atoms with E-state index in [0.717, 1.165) is 54.2 Å². The van der Waals surface area contributed by atoms with E-state index in [9.17, 15) is 14.0 Å². The highest BCUT2D eigenvalue weighted by atomic mass is 19.1. The molecular formula is C25H29FN4O2. The van der Waals surface area contributed by atoms with E-state index in [0.29, 0.717) is 18.5 Å². The molecule has 1 saturated carbocycles. The fraction of sp³-hybridized carbons (Fsp3) is 0.400. The molecule has 32 heavy (non-hydrogen) atoms. The number of hydrogen-bond donors (Lipinski definition) is 2. The molecule has 1 amide bonds. The quantitative estimate of drug-likeness (QED) is 0.670. The maximum atomic E-state index is 13.1. The number of nitrogens with zero attached hydrogens (tertiary/aromatic N) is 2. The van der Waals surface area contributed by atoms with Gasteiger partial charge in [-0.25, -0.2) is 9.37 Å². The molecule has 1 aromatic heterocycles. The zero-order valence-corrected chi connectivity index (χ0v) is 18.5. The number of ketones is 1. The predicted molar refractivity (Wildman–Crippen MR) is 125 cm³/mol. The van der Waals surface area contributed by atoms with Crippen LogP contribution in [-0.4, -0.2) is 43.4 Å². The van der Waals surface area contributed by atoms with Crippen LogP contribution in [0.5, 0.6) is 0 Å². The number of pyridine rings is 1. The highest BCUT2D eigenvalue weighted by Gasteiger charge is 2.27. The van der Waals surface area contributed by atoms with Crippen LogP contribution in [0.2, 0.25) is 0 Å². The molecule has 1 fully saturated rings. The molecule has 0 saturated heterocycles. The van der Waals surface area contributed by atoms with E-state index in [-0.39, 0.29) is 5.91 Å². The molecule has 1 atom stereocenters. The van der Waals surface area contributed by atoms with Gasteiger partial charge in [-0.2, -0.15) is 0 Å². The van der Waals surface area contributed by atoms with Crippen LogP contribution in [0.3, 0.4) is 0 Å². The topological polar surface area (TPSA) is 74.3 Å². The normalized spacial score (nSPS) is 23.0. The fourth-order valence-corrected chi connectivity index (χ4v) is 4.45. The predicted octanol–water partition coefficient (Wildman–Crippen LogP) is 4.00.